The fourth-order valence-corrected chi connectivity index (χ4v) is 2.79. The Morgan fingerprint density at radius 1 is 1.35 bits per heavy atom. The molecule has 3 N–H and O–H groups in total. The molecule has 1 amide bonds. The van der Waals surface area contributed by atoms with Gasteiger partial charge in [-0.15, -0.1) is 0 Å². The first kappa shape index (κ1) is 14.6. The lowest BCUT2D eigenvalue weighted by Gasteiger charge is -2.24. The Kier molecular flexibility index (Phi) is 4.76. The number of carbonyl (C=O) groups is 1. The van der Waals surface area contributed by atoms with Gasteiger partial charge in [-0.3, -0.25) is 14.6 Å². The topological polar surface area (TPSA) is 94.8 Å². The lowest BCUT2D eigenvalue weighted by Crippen LogP contribution is -2.29. The van der Waals surface area contributed by atoms with Gasteiger partial charge in [0.1, 0.15) is 5.69 Å². The third kappa shape index (κ3) is 3.82. The molecule has 1 atom stereocenters. The van der Waals surface area contributed by atoms with E-state index in [0.29, 0.717) is 5.92 Å². The zero-order chi connectivity index (χ0) is 14.5. The van der Waals surface area contributed by atoms with E-state index in [1.54, 1.807) is 0 Å². The van der Waals surface area contributed by atoms with E-state index >= 15 is 0 Å². The molecule has 0 aromatic carbocycles. The Bertz CT molecular complexity index is 570. The number of amides is 1. The smallest absolute Gasteiger partial charge is 0.320 e. The molecule has 1 aromatic rings. The first-order valence-corrected chi connectivity index (χ1v) is 7.19. The van der Waals surface area contributed by atoms with Crippen LogP contribution < -0.4 is 16.6 Å². The fourth-order valence-electron chi connectivity index (χ4n) is 2.79. The number of anilines is 1. The molecule has 20 heavy (non-hydrogen) atoms. The van der Waals surface area contributed by atoms with Crippen molar-refractivity contribution in [2.45, 2.75) is 45.4 Å². The molecule has 1 aromatic heterocycles. The Hall–Kier alpha value is -1.85. The minimum absolute atomic E-state index is 0.0881. The predicted molar refractivity (Wildman–Crippen MR) is 76.7 cm³/mol. The monoisotopic (exact) mass is 279 g/mol. The van der Waals surface area contributed by atoms with Crippen LogP contribution in [0.25, 0.3) is 0 Å². The van der Waals surface area contributed by atoms with Crippen molar-refractivity contribution in [2.75, 3.05) is 5.32 Å². The van der Waals surface area contributed by atoms with Crippen molar-refractivity contribution in [3.63, 3.8) is 0 Å². The van der Waals surface area contributed by atoms with Crippen molar-refractivity contribution in [3.05, 3.63) is 27.0 Å². The van der Waals surface area contributed by atoms with Gasteiger partial charge in [-0.1, -0.05) is 39.0 Å². The number of hydrogen-bond acceptors (Lipinski definition) is 3. The Morgan fingerprint density at radius 3 is 2.70 bits per heavy atom. The molecule has 6 heteroatoms. The summed E-state index contributed by atoms with van der Waals surface area (Å²) in [7, 11) is 0. The van der Waals surface area contributed by atoms with Crippen molar-refractivity contribution in [1.82, 2.24) is 9.97 Å². The molecule has 1 saturated carbocycles. The summed E-state index contributed by atoms with van der Waals surface area (Å²) < 4.78 is 0. The van der Waals surface area contributed by atoms with Gasteiger partial charge in [0.25, 0.3) is 5.56 Å². The summed E-state index contributed by atoms with van der Waals surface area (Å²) in [5, 5.41) is 2.57. The summed E-state index contributed by atoms with van der Waals surface area (Å²) in [4.78, 5) is 38.9. The zero-order valence-electron chi connectivity index (χ0n) is 11.7. The first-order chi connectivity index (χ1) is 9.56. The highest BCUT2D eigenvalue weighted by atomic mass is 16.2. The minimum Gasteiger partial charge on any atom is -0.320 e. The largest absolute Gasteiger partial charge is 0.325 e. The van der Waals surface area contributed by atoms with Gasteiger partial charge >= 0.3 is 5.69 Å². The molecule has 0 radical (unpaired) electrons. The molecule has 1 aliphatic rings. The summed E-state index contributed by atoms with van der Waals surface area (Å²) in [6, 6.07) is 0. The standard InChI is InChI=1S/C14H21N3O3/c1-9(7-10-5-3-2-4-6-10)12(18)16-11-8-15-14(20)17-13(11)19/h8-10H,2-7H2,1H3,(H,16,18)(H2,15,17,19,20)/t9-/m0/s1. The second-order valence-electron chi connectivity index (χ2n) is 5.62. The molecule has 0 bridgehead atoms. The highest BCUT2D eigenvalue weighted by Crippen LogP contribution is 2.29. The van der Waals surface area contributed by atoms with Crippen LogP contribution in [0, 0.1) is 11.8 Å². The average Bonchev–Trinajstić information content (AvgIpc) is 2.43. The molecule has 1 aliphatic carbocycles. The van der Waals surface area contributed by atoms with Crippen molar-refractivity contribution < 1.29 is 4.79 Å². The molecular formula is C14H21N3O3. The Labute approximate surface area is 117 Å². The molecule has 1 heterocycles. The third-order valence-electron chi connectivity index (χ3n) is 3.94. The molecule has 1 fully saturated rings. The molecule has 0 spiro atoms. The van der Waals surface area contributed by atoms with Gasteiger partial charge < -0.3 is 10.3 Å². The van der Waals surface area contributed by atoms with Crippen molar-refractivity contribution >= 4 is 11.6 Å². The lowest BCUT2D eigenvalue weighted by molar-refractivity contribution is -0.120. The second-order valence-corrected chi connectivity index (χ2v) is 5.62. The van der Waals surface area contributed by atoms with Gasteiger partial charge in [0.15, 0.2) is 0 Å². The van der Waals surface area contributed by atoms with Crippen LogP contribution in [0.3, 0.4) is 0 Å². The van der Waals surface area contributed by atoms with E-state index < -0.39 is 11.2 Å². The van der Waals surface area contributed by atoms with Crippen LogP contribution in [0.15, 0.2) is 15.8 Å². The van der Waals surface area contributed by atoms with Crippen LogP contribution in [0.1, 0.15) is 45.4 Å². The molecular weight excluding hydrogens is 258 g/mol. The number of nitrogens with one attached hydrogen (secondary N) is 3. The SMILES string of the molecule is C[C@@H](CC1CCCCC1)C(=O)Nc1c[nH]c(=O)[nH]c1=O. The maximum atomic E-state index is 12.1. The van der Waals surface area contributed by atoms with Crippen molar-refractivity contribution in [1.29, 1.82) is 0 Å². The zero-order valence-corrected chi connectivity index (χ0v) is 11.7. The maximum Gasteiger partial charge on any atom is 0.325 e. The van der Waals surface area contributed by atoms with Gasteiger partial charge in [-0.2, -0.15) is 0 Å². The molecule has 0 aliphatic heterocycles. The molecule has 0 unspecified atom stereocenters. The second kappa shape index (κ2) is 6.54. The first-order valence-electron chi connectivity index (χ1n) is 7.19. The van der Waals surface area contributed by atoms with Crippen LogP contribution in [-0.4, -0.2) is 15.9 Å². The average molecular weight is 279 g/mol. The summed E-state index contributed by atoms with van der Waals surface area (Å²) in [6.07, 6.45) is 8.26. The lowest BCUT2D eigenvalue weighted by atomic mass is 9.83. The summed E-state index contributed by atoms with van der Waals surface area (Å²) >= 11 is 0. The van der Waals surface area contributed by atoms with Crippen LogP contribution in [-0.2, 0) is 4.79 Å². The van der Waals surface area contributed by atoms with E-state index in [1.807, 2.05) is 6.92 Å². The van der Waals surface area contributed by atoms with Gasteiger partial charge in [0, 0.05) is 12.1 Å². The van der Waals surface area contributed by atoms with Crippen LogP contribution in [0.4, 0.5) is 5.69 Å². The minimum atomic E-state index is -0.580. The summed E-state index contributed by atoms with van der Waals surface area (Å²) in [5.41, 5.74) is -1.07. The van der Waals surface area contributed by atoms with Gasteiger partial charge in [0.2, 0.25) is 5.91 Å². The predicted octanol–water partition coefficient (Wildman–Crippen LogP) is 1.61. The molecule has 0 saturated heterocycles. The van der Waals surface area contributed by atoms with E-state index in [-0.39, 0.29) is 17.5 Å². The number of H-pyrrole nitrogens is 2. The summed E-state index contributed by atoms with van der Waals surface area (Å²) in [6.45, 7) is 1.88. The highest BCUT2D eigenvalue weighted by molar-refractivity contribution is 5.91. The van der Waals surface area contributed by atoms with Gasteiger partial charge in [-0.25, -0.2) is 4.79 Å². The molecule has 2 rings (SSSR count). The van der Waals surface area contributed by atoms with Crippen molar-refractivity contribution in [3.8, 4) is 0 Å². The van der Waals surface area contributed by atoms with Crippen LogP contribution >= 0.6 is 0 Å². The van der Waals surface area contributed by atoms with Crippen molar-refractivity contribution in [2.24, 2.45) is 11.8 Å². The quantitative estimate of drug-likeness (QED) is 0.781. The Balaban J connectivity index is 1.93. The van der Waals surface area contributed by atoms with Gasteiger partial charge in [0.05, 0.1) is 0 Å². The van der Waals surface area contributed by atoms with Crippen LogP contribution in [0.5, 0.6) is 0 Å². The molecule has 110 valence electrons. The van der Waals surface area contributed by atoms with Gasteiger partial charge in [-0.05, 0) is 12.3 Å². The Morgan fingerprint density at radius 2 is 2.05 bits per heavy atom. The van der Waals surface area contributed by atoms with E-state index in [0.717, 1.165) is 6.42 Å². The van der Waals surface area contributed by atoms with E-state index in [2.05, 4.69) is 15.3 Å². The maximum absolute atomic E-state index is 12.1. The van der Waals surface area contributed by atoms with E-state index in [4.69, 9.17) is 0 Å². The summed E-state index contributed by atoms with van der Waals surface area (Å²) in [5.74, 6) is 0.302. The number of aromatic amines is 2. The van der Waals surface area contributed by atoms with E-state index in [9.17, 15) is 14.4 Å². The van der Waals surface area contributed by atoms with Crippen LogP contribution in [0.2, 0.25) is 0 Å². The normalized spacial score (nSPS) is 17.6. The number of aromatic nitrogens is 2. The highest BCUT2D eigenvalue weighted by Gasteiger charge is 2.21. The molecule has 6 nitrogen and oxygen atoms in total. The van der Waals surface area contributed by atoms with E-state index in [1.165, 1.54) is 38.3 Å². The number of hydrogen-bond donors (Lipinski definition) is 3. The third-order valence-corrected chi connectivity index (χ3v) is 3.94. The number of rotatable bonds is 4. The fraction of sp³-hybridized carbons (Fsp3) is 0.643. The number of carbonyl (C=O) groups excluding carboxylic acids is 1.